The van der Waals surface area contributed by atoms with Gasteiger partial charge in [-0.2, -0.15) is 5.11 Å². The normalized spacial score (nSPS) is 11.0. The van der Waals surface area contributed by atoms with Gasteiger partial charge in [-0.15, -0.1) is 0 Å². The highest BCUT2D eigenvalue weighted by Gasteiger charge is 1.90. The van der Waals surface area contributed by atoms with Gasteiger partial charge in [0.25, 0.3) is 0 Å². The average Bonchev–Trinajstić information content (AvgIpc) is 2.39. The Morgan fingerprint density at radius 2 is 1.83 bits per heavy atom. The van der Waals surface area contributed by atoms with Crippen LogP contribution in [0.1, 0.15) is 25.3 Å². The van der Waals surface area contributed by atoms with Crippen LogP contribution in [0.5, 0.6) is 0 Å². The minimum atomic E-state index is 0.767. The first-order chi connectivity index (χ1) is 8.83. The first kappa shape index (κ1) is 15.4. The SMILES string of the molecule is CCCCSSCCN=NNc1ccc(C)cc1. The van der Waals surface area contributed by atoms with Gasteiger partial charge in [-0.1, -0.05) is 57.9 Å². The molecular weight excluding hydrogens is 262 g/mol. The maximum Gasteiger partial charge on any atom is 0.0719 e. The molecule has 0 unspecified atom stereocenters. The summed E-state index contributed by atoms with van der Waals surface area (Å²) in [5, 5.41) is 8.04. The molecule has 1 N–H and O–H groups in total. The molecule has 0 saturated carbocycles. The van der Waals surface area contributed by atoms with Gasteiger partial charge in [0.15, 0.2) is 0 Å². The van der Waals surface area contributed by atoms with Crippen molar-refractivity contribution in [3.63, 3.8) is 0 Å². The number of unbranched alkanes of at least 4 members (excludes halogenated alkanes) is 1. The van der Waals surface area contributed by atoms with Crippen molar-refractivity contribution in [1.82, 2.24) is 0 Å². The molecule has 0 fully saturated rings. The fourth-order valence-corrected chi connectivity index (χ4v) is 3.25. The van der Waals surface area contributed by atoms with Crippen LogP contribution in [0.15, 0.2) is 34.6 Å². The van der Waals surface area contributed by atoms with Crippen molar-refractivity contribution in [2.75, 3.05) is 23.5 Å². The summed E-state index contributed by atoms with van der Waals surface area (Å²) in [6.45, 7) is 5.05. The summed E-state index contributed by atoms with van der Waals surface area (Å²) in [5.41, 5.74) is 5.15. The summed E-state index contributed by atoms with van der Waals surface area (Å²) >= 11 is 0. The van der Waals surface area contributed by atoms with Crippen molar-refractivity contribution >= 4 is 27.3 Å². The van der Waals surface area contributed by atoms with Crippen LogP contribution >= 0.6 is 21.6 Å². The molecule has 0 spiro atoms. The van der Waals surface area contributed by atoms with E-state index in [1.807, 2.05) is 33.7 Å². The second-order valence-corrected chi connectivity index (χ2v) is 6.64. The van der Waals surface area contributed by atoms with E-state index in [1.54, 1.807) is 0 Å². The number of nitrogens with zero attached hydrogens (tertiary/aromatic N) is 2. The van der Waals surface area contributed by atoms with Gasteiger partial charge in [-0.3, -0.25) is 5.43 Å². The van der Waals surface area contributed by atoms with Gasteiger partial charge < -0.3 is 0 Å². The van der Waals surface area contributed by atoms with Crippen LogP contribution in [0.3, 0.4) is 0 Å². The standard InChI is InChI=1S/C13H21N3S2/c1-3-4-10-17-18-11-9-14-16-15-13-7-5-12(2)6-8-13/h5-8H,3-4,9-11H2,1-2H3,(H,14,15). The summed E-state index contributed by atoms with van der Waals surface area (Å²) in [5.74, 6) is 2.26. The molecule has 0 bridgehead atoms. The topological polar surface area (TPSA) is 36.8 Å². The van der Waals surface area contributed by atoms with Crippen molar-refractivity contribution in [2.24, 2.45) is 10.3 Å². The zero-order chi connectivity index (χ0) is 13.1. The van der Waals surface area contributed by atoms with Crippen LogP contribution in [0.2, 0.25) is 0 Å². The van der Waals surface area contributed by atoms with Gasteiger partial charge in [0.05, 0.1) is 12.2 Å². The number of nitrogens with one attached hydrogen (secondary N) is 1. The second kappa shape index (κ2) is 10.3. The summed E-state index contributed by atoms with van der Waals surface area (Å²) in [6, 6.07) is 8.11. The molecule has 0 aliphatic carbocycles. The van der Waals surface area contributed by atoms with Gasteiger partial charge in [0, 0.05) is 11.5 Å². The molecule has 0 amide bonds. The predicted octanol–water partition coefficient (Wildman–Crippen LogP) is 4.96. The number of aryl methyl sites for hydroxylation is 1. The van der Waals surface area contributed by atoms with E-state index in [2.05, 4.69) is 41.7 Å². The summed E-state index contributed by atoms with van der Waals surface area (Å²) in [6.07, 6.45) is 2.57. The quantitative estimate of drug-likeness (QED) is 0.301. The lowest BCUT2D eigenvalue weighted by molar-refractivity contribution is 0.898. The summed E-state index contributed by atoms with van der Waals surface area (Å²) in [4.78, 5) is 0. The van der Waals surface area contributed by atoms with Gasteiger partial charge in [0.1, 0.15) is 0 Å². The Morgan fingerprint density at radius 3 is 2.56 bits per heavy atom. The molecule has 5 heteroatoms. The number of rotatable bonds is 9. The number of benzene rings is 1. The summed E-state index contributed by atoms with van der Waals surface area (Å²) in [7, 11) is 3.80. The smallest absolute Gasteiger partial charge is 0.0719 e. The molecule has 1 rings (SSSR count). The zero-order valence-electron chi connectivity index (χ0n) is 11.1. The fraction of sp³-hybridized carbons (Fsp3) is 0.538. The summed E-state index contributed by atoms with van der Waals surface area (Å²) < 4.78 is 0. The number of hydrogen-bond acceptors (Lipinski definition) is 4. The average molecular weight is 283 g/mol. The molecular formula is C13H21N3S2. The lowest BCUT2D eigenvalue weighted by Gasteiger charge is -1.99. The van der Waals surface area contributed by atoms with Crippen LogP contribution in [-0.4, -0.2) is 18.1 Å². The van der Waals surface area contributed by atoms with E-state index in [1.165, 1.54) is 24.2 Å². The van der Waals surface area contributed by atoms with Crippen molar-refractivity contribution < 1.29 is 0 Å². The third-order valence-electron chi connectivity index (χ3n) is 2.24. The van der Waals surface area contributed by atoms with E-state index >= 15 is 0 Å². The second-order valence-electron chi connectivity index (χ2n) is 3.94. The Morgan fingerprint density at radius 1 is 1.11 bits per heavy atom. The minimum absolute atomic E-state index is 0.767. The van der Waals surface area contributed by atoms with Crippen molar-refractivity contribution in [3.05, 3.63) is 29.8 Å². The Balaban J connectivity index is 2.02. The van der Waals surface area contributed by atoms with E-state index in [-0.39, 0.29) is 0 Å². The molecule has 0 aliphatic heterocycles. The molecule has 100 valence electrons. The van der Waals surface area contributed by atoms with E-state index in [0.29, 0.717) is 0 Å². The van der Waals surface area contributed by atoms with Crippen molar-refractivity contribution in [3.8, 4) is 0 Å². The van der Waals surface area contributed by atoms with E-state index in [4.69, 9.17) is 0 Å². The Labute approximate surface area is 118 Å². The van der Waals surface area contributed by atoms with Gasteiger partial charge in [0.2, 0.25) is 0 Å². The van der Waals surface area contributed by atoms with Gasteiger partial charge in [-0.25, -0.2) is 0 Å². The first-order valence-electron chi connectivity index (χ1n) is 6.26. The zero-order valence-corrected chi connectivity index (χ0v) is 12.7. The highest BCUT2D eigenvalue weighted by molar-refractivity contribution is 8.76. The van der Waals surface area contributed by atoms with Crippen LogP contribution in [-0.2, 0) is 0 Å². The minimum Gasteiger partial charge on any atom is -0.260 e. The third kappa shape index (κ3) is 7.61. The van der Waals surface area contributed by atoms with Crippen LogP contribution in [0.4, 0.5) is 5.69 Å². The highest BCUT2D eigenvalue weighted by Crippen LogP contribution is 2.21. The maximum atomic E-state index is 4.09. The monoisotopic (exact) mass is 283 g/mol. The number of hydrogen-bond donors (Lipinski definition) is 1. The number of anilines is 1. The lowest BCUT2D eigenvalue weighted by Crippen LogP contribution is -1.89. The molecule has 0 aromatic heterocycles. The Bertz CT molecular complexity index is 339. The maximum absolute atomic E-state index is 4.09. The van der Waals surface area contributed by atoms with E-state index < -0.39 is 0 Å². The fourth-order valence-electron chi connectivity index (χ4n) is 1.17. The predicted molar refractivity (Wildman–Crippen MR) is 84.3 cm³/mol. The Hall–Kier alpha value is -0.680. The highest BCUT2D eigenvalue weighted by atomic mass is 33.1. The molecule has 0 atom stereocenters. The molecule has 0 saturated heterocycles. The lowest BCUT2D eigenvalue weighted by atomic mass is 10.2. The molecule has 0 heterocycles. The largest absolute Gasteiger partial charge is 0.260 e. The molecule has 3 nitrogen and oxygen atoms in total. The van der Waals surface area contributed by atoms with Crippen LogP contribution in [0.25, 0.3) is 0 Å². The molecule has 1 aromatic carbocycles. The van der Waals surface area contributed by atoms with E-state index in [0.717, 1.165) is 18.0 Å². The van der Waals surface area contributed by atoms with Crippen molar-refractivity contribution in [2.45, 2.75) is 26.7 Å². The van der Waals surface area contributed by atoms with Gasteiger partial charge in [-0.05, 0) is 25.5 Å². The van der Waals surface area contributed by atoms with Crippen LogP contribution in [0, 0.1) is 6.92 Å². The molecule has 0 aliphatic rings. The molecule has 1 aromatic rings. The Kier molecular flexibility index (Phi) is 8.77. The van der Waals surface area contributed by atoms with Crippen molar-refractivity contribution in [1.29, 1.82) is 0 Å². The third-order valence-corrected chi connectivity index (χ3v) is 4.71. The van der Waals surface area contributed by atoms with E-state index in [9.17, 15) is 0 Å². The van der Waals surface area contributed by atoms with Gasteiger partial charge >= 0.3 is 0 Å². The van der Waals surface area contributed by atoms with Crippen LogP contribution < -0.4 is 5.43 Å². The first-order valence-corrected chi connectivity index (χ1v) is 8.75. The molecule has 18 heavy (non-hydrogen) atoms. The molecule has 0 radical (unpaired) electrons.